The lowest BCUT2D eigenvalue weighted by Gasteiger charge is -2.19. The quantitative estimate of drug-likeness (QED) is 0.863. The van der Waals surface area contributed by atoms with E-state index in [0.29, 0.717) is 13.2 Å². The van der Waals surface area contributed by atoms with Crippen LogP contribution >= 0.6 is 0 Å². The molecule has 1 aromatic heterocycles. The van der Waals surface area contributed by atoms with Gasteiger partial charge in [0.25, 0.3) is 5.91 Å². The highest BCUT2D eigenvalue weighted by Gasteiger charge is 2.26. The van der Waals surface area contributed by atoms with E-state index in [2.05, 4.69) is 5.10 Å². The average Bonchev–Trinajstić information content (AvgIpc) is 3.19. The van der Waals surface area contributed by atoms with Gasteiger partial charge in [0.15, 0.2) is 0 Å². The zero-order valence-electron chi connectivity index (χ0n) is 12.1. The van der Waals surface area contributed by atoms with Crippen molar-refractivity contribution >= 4 is 5.91 Å². The third-order valence-electron chi connectivity index (χ3n) is 3.66. The van der Waals surface area contributed by atoms with E-state index >= 15 is 0 Å². The molecule has 2 heterocycles. The second kappa shape index (κ2) is 6.10. The van der Waals surface area contributed by atoms with Gasteiger partial charge in [0.1, 0.15) is 6.10 Å². The Balaban J connectivity index is 1.65. The van der Waals surface area contributed by atoms with Gasteiger partial charge in [0.2, 0.25) is 0 Å². The number of para-hydroxylation sites is 1. The molecule has 1 fully saturated rings. The van der Waals surface area contributed by atoms with E-state index in [4.69, 9.17) is 4.74 Å². The Kier molecular flexibility index (Phi) is 4.01. The number of nitrogens with zero attached hydrogens (tertiary/aromatic N) is 3. The lowest BCUT2D eigenvalue weighted by molar-refractivity contribution is -0.140. The molecule has 0 N–H and O–H groups in total. The number of rotatable bonds is 4. The van der Waals surface area contributed by atoms with Crippen LogP contribution in [0.4, 0.5) is 0 Å². The van der Waals surface area contributed by atoms with Crippen LogP contribution in [0.15, 0.2) is 42.7 Å². The van der Waals surface area contributed by atoms with Crippen LogP contribution in [0.2, 0.25) is 0 Å². The van der Waals surface area contributed by atoms with Crippen LogP contribution in [0.1, 0.15) is 18.4 Å². The van der Waals surface area contributed by atoms with E-state index in [9.17, 15) is 4.79 Å². The molecule has 2 aromatic rings. The smallest absolute Gasteiger partial charge is 0.251 e. The second-order valence-electron chi connectivity index (χ2n) is 5.32. The summed E-state index contributed by atoms with van der Waals surface area (Å²) in [5.41, 5.74) is 2.02. The van der Waals surface area contributed by atoms with Crippen molar-refractivity contribution in [2.45, 2.75) is 25.5 Å². The predicted octanol–water partition coefficient (Wildman–Crippen LogP) is 2.01. The molecule has 5 nitrogen and oxygen atoms in total. The number of likely N-dealkylation sites (N-methyl/N-ethyl adjacent to an activating group) is 1. The number of carbonyl (C=O) groups excluding carboxylic acids is 1. The number of hydrogen-bond acceptors (Lipinski definition) is 3. The van der Waals surface area contributed by atoms with E-state index in [0.717, 1.165) is 24.1 Å². The zero-order valence-corrected chi connectivity index (χ0v) is 12.1. The number of benzene rings is 1. The summed E-state index contributed by atoms with van der Waals surface area (Å²) in [6, 6.07) is 9.92. The minimum atomic E-state index is -0.265. The fourth-order valence-corrected chi connectivity index (χ4v) is 2.53. The maximum absolute atomic E-state index is 12.2. The highest BCUT2D eigenvalue weighted by atomic mass is 16.5. The van der Waals surface area contributed by atoms with Crippen LogP contribution in [-0.4, -0.2) is 40.3 Å². The summed E-state index contributed by atoms with van der Waals surface area (Å²) in [4.78, 5) is 13.9. The molecular weight excluding hydrogens is 266 g/mol. The van der Waals surface area contributed by atoms with Gasteiger partial charge in [-0.15, -0.1) is 0 Å². The maximum Gasteiger partial charge on any atom is 0.251 e. The van der Waals surface area contributed by atoms with Crippen molar-refractivity contribution in [2.75, 3.05) is 13.7 Å². The van der Waals surface area contributed by atoms with E-state index < -0.39 is 0 Å². The monoisotopic (exact) mass is 285 g/mol. The molecule has 0 spiro atoms. The summed E-state index contributed by atoms with van der Waals surface area (Å²) in [7, 11) is 1.81. The molecule has 1 atom stereocenters. The molecule has 1 amide bonds. The van der Waals surface area contributed by atoms with E-state index in [1.807, 2.05) is 48.3 Å². The normalized spacial score (nSPS) is 17.9. The Morgan fingerprint density at radius 3 is 2.95 bits per heavy atom. The predicted molar refractivity (Wildman–Crippen MR) is 79.0 cm³/mol. The third kappa shape index (κ3) is 3.13. The van der Waals surface area contributed by atoms with Gasteiger partial charge >= 0.3 is 0 Å². The third-order valence-corrected chi connectivity index (χ3v) is 3.66. The van der Waals surface area contributed by atoms with Gasteiger partial charge in [-0.1, -0.05) is 18.2 Å². The molecular formula is C16H19N3O2. The molecule has 5 heteroatoms. The van der Waals surface area contributed by atoms with Crippen molar-refractivity contribution in [3.63, 3.8) is 0 Å². The Morgan fingerprint density at radius 1 is 1.43 bits per heavy atom. The molecule has 21 heavy (non-hydrogen) atoms. The first-order chi connectivity index (χ1) is 10.2. The van der Waals surface area contributed by atoms with Crippen molar-refractivity contribution in [3.8, 4) is 5.69 Å². The highest BCUT2D eigenvalue weighted by Crippen LogP contribution is 2.16. The standard InChI is InChI=1S/C16H19N3O2/c1-18(16(20)15-8-5-9-21-15)11-13-10-17-19(12-13)14-6-3-2-4-7-14/h2-4,6-7,10,12,15H,5,8-9,11H2,1H3. The number of ether oxygens (including phenoxy) is 1. The number of aromatic nitrogens is 2. The first-order valence-corrected chi connectivity index (χ1v) is 7.19. The maximum atomic E-state index is 12.2. The molecule has 0 bridgehead atoms. The number of hydrogen-bond donors (Lipinski definition) is 0. The highest BCUT2D eigenvalue weighted by molar-refractivity contribution is 5.80. The molecule has 1 aliphatic heterocycles. The molecule has 0 aliphatic carbocycles. The summed E-state index contributed by atoms with van der Waals surface area (Å²) < 4.78 is 7.26. The van der Waals surface area contributed by atoms with Gasteiger partial charge in [0.05, 0.1) is 11.9 Å². The van der Waals surface area contributed by atoms with Crippen LogP contribution in [-0.2, 0) is 16.1 Å². The fraction of sp³-hybridized carbons (Fsp3) is 0.375. The van der Waals surface area contributed by atoms with Crippen molar-refractivity contribution in [1.82, 2.24) is 14.7 Å². The van der Waals surface area contributed by atoms with Crippen molar-refractivity contribution in [1.29, 1.82) is 0 Å². The van der Waals surface area contributed by atoms with Crippen molar-refractivity contribution in [2.24, 2.45) is 0 Å². The summed E-state index contributed by atoms with van der Waals surface area (Å²) in [5.74, 6) is 0.0555. The van der Waals surface area contributed by atoms with Gasteiger partial charge in [-0.3, -0.25) is 4.79 Å². The van der Waals surface area contributed by atoms with E-state index in [1.54, 1.807) is 11.1 Å². The Bertz CT molecular complexity index is 603. The first-order valence-electron chi connectivity index (χ1n) is 7.19. The summed E-state index contributed by atoms with van der Waals surface area (Å²) in [6.45, 7) is 1.24. The second-order valence-corrected chi connectivity index (χ2v) is 5.32. The van der Waals surface area contributed by atoms with E-state index in [1.165, 1.54) is 0 Å². The molecule has 110 valence electrons. The topological polar surface area (TPSA) is 47.4 Å². The fourth-order valence-electron chi connectivity index (χ4n) is 2.53. The summed E-state index contributed by atoms with van der Waals surface area (Å²) in [5, 5.41) is 4.34. The SMILES string of the molecule is CN(Cc1cnn(-c2ccccc2)c1)C(=O)C1CCCO1. The van der Waals surface area contributed by atoms with Crippen molar-refractivity contribution < 1.29 is 9.53 Å². The molecule has 1 aromatic carbocycles. The first kappa shape index (κ1) is 13.8. The van der Waals surface area contributed by atoms with Crippen LogP contribution in [0, 0.1) is 0 Å². The van der Waals surface area contributed by atoms with Crippen molar-refractivity contribution in [3.05, 3.63) is 48.3 Å². The summed E-state index contributed by atoms with van der Waals surface area (Å²) >= 11 is 0. The minimum Gasteiger partial charge on any atom is -0.368 e. The molecule has 3 rings (SSSR count). The van der Waals surface area contributed by atoms with Crippen LogP contribution in [0.25, 0.3) is 5.69 Å². The molecule has 1 unspecified atom stereocenters. The lowest BCUT2D eigenvalue weighted by atomic mass is 10.2. The van der Waals surface area contributed by atoms with Crippen LogP contribution < -0.4 is 0 Å². The zero-order chi connectivity index (χ0) is 14.7. The molecule has 0 saturated carbocycles. The number of amides is 1. The van der Waals surface area contributed by atoms with Gasteiger partial charge in [-0.05, 0) is 25.0 Å². The minimum absolute atomic E-state index is 0.0555. The number of carbonyl (C=O) groups is 1. The Hall–Kier alpha value is -2.14. The van der Waals surface area contributed by atoms with Gasteiger partial charge in [-0.25, -0.2) is 4.68 Å². The molecule has 0 radical (unpaired) electrons. The molecule has 1 aliphatic rings. The Morgan fingerprint density at radius 2 is 2.24 bits per heavy atom. The van der Waals surface area contributed by atoms with Gasteiger partial charge in [0, 0.05) is 32.0 Å². The van der Waals surface area contributed by atoms with Crippen LogP contribution in [0.5, 0.6) is 0 Å². The Labute approximate surface area is 124 Å². The summed E-state index contributed by atoms with van der Waals surface area (Å²) in [6.07, 6.45) is 5.28. The van der Waals surface area contributed by atoms with Crippen LogP contribution in [0.3, 0.4) is 0 Å². The van der Waals surface area contributed by atoms with Gasteiger partial charge < -0.3 is 9.64 Å². The average molecular weight is 285 g/mol. The molecule has 1 saturated heterocycles. The largest absolute Gasteiger partial charge is 0.368 e. The van der Waals surface area contributed by atoms with Gasteiger partial charge in [-0.2, -0.15) is 5.10 Å². The van der Waals surface area contributed by atoms with E-state index in [-0.39, 0.29) is 12.0 Å². The lowest BCUT2D eigenvalue weighted by Crippen LogP contribution is -2.35.